The highest BCUT2D eigenvalue weighted by molar-refractivity contribution is 6.30. The number of carbonyl (C=O) groups is 1. The van der Waals surface area contributed by atoms with Crippen LogP contribution in [-0.4, -0.2) is 54.1 Å². The fourth-order valence-corrected chi connectivity index (χ4v) is 2.95. The predicted molar refractivity (Wildman–Crippen MR) is 92.9 cm³/mol. The third-order valence-electron chi connectivity index (χ3n) is 4.14. The third-order valence-corrected chi connectivity index (χ3v) is 4.37. The maximum absolute atomic E-state index is 12.5. The van der Waals surface area contributed by atoms with Crippen molar-refractivity contribution in [3.8, 4) is 6.01 Å². The lowest BCUT2D eigenvalue weighted by molar-refractivity contribution is 0.0745. The van der Waals surface area contributed by atoms with Crippen LogP contribution in [0.25, 0.3) is 0 Å². The summed E-state index contributed by atoms with van der Waals surface area (Å²) < 4.78 is 4.91. The van der Waals surface area contributed by atoms with Gasteiger partial charge < -0.3 is 14.5 Å². The largest absolute Gasteiger partial charge is 0.467 e. The maximum Gasteiger partial charge on any atom is 0.316 e. The quantitative estimate of drug-likeness (QED) is 0.854. The number of ether oxygens (including phenoxy) is 1. The molecule has 24 heavy (non-hydrogen) atoms. The molecule has 2 aromatic rings. The van der Waals surface area contributed by atoms with Crippen LogP contribution in [0.2, 0.25) is 5.02 Å². The molecule has 1 aliphatic heterocycles. The number of anilines is 1. The molecule has 0 bridgehead atoms. The first-order valence-corrected chi connectivity index (χ1v) is 8.12. The summed E-state index contributed by atoms with van der Waals surface area (Å²) in [4.78, 5) is 24.6. The van der Waals surface area contributed by atoms with Crippen molar-refractivity contribution in [2.75, 3.05) is 38.2 Å². The molecule has 2 heterocycles. The van der Waals surface area contributed by atoms with Gasteiger partial charge in [-0.25, -0.2) is 9.97 Å². The van der Waals surface area contributed by atoms with Gasteiger partial charge in [0.05, 0.1) is 12.7 Å². The van der Waals surface area contributed by atoms with E-state index in [2.05, 4.69) is 21.8 Å². The number of carbonyl (C=O) groups excluding carboxylic acids is 1. The first-order valence-electron chi connectivity index (χ1n) is 7.75. The Labute approximate surface area is 146 Å². The smallest absolute Gasteiger partial charge is 0.316 e. The average Bonchev–Trinajstić information content (AvgIpc) is 2.63. The standard InChI is InChI=1S/C17H19ClN4O2/c1-12-3-4-14(18)9-15(12)21-5-7-22(8-6-21)16(23)13-10-19-17(24-2)20-11-13/h3-4,9-11H,5-8H2,1-2H3. The van der Waals surface area contributed by atoms with Gasteiger partial charge in [0.25, 0.3) is 5.91 Å². The zero-order chi connectivity index (χ0) is 17.1. The van der Waals surface area contributed by atoms with Gasteiger partial charge in [-0.1, -0.05) is 17.7 Å². The predicted octanol–water partition coefficient (Wildman–Crippen LogP) is 2.41. The van der Waals surface area contributed by atoms with Crippen LogP contribution in [0, 0.1) is 6.92 Å². The topological polar surface area (TPSA) is 58.6 Å². The number of piperazine rings is 1. The monoisotopic (exact) mass is 346 g/mol. The maximum atomic E-state index is 12.5. The van der Waals surface area contributed by atoms with Crippen LogP contribution in [0.5, 0.6) is 6.01 Å². The Hall–Kier alpha value is -2.34. The number of methoxy groups -OCH3 is 1. The summed E-state index contributed by atoms with van der Waals surface area (Å²) in [6.45, 7) is 4.90. The van der Waals surface area contributed by atoms with Crippen LogP contribution in [-0.2, 0) is 0 Å². The molecule has 0 spiro atoms. The fraction of sp³-hybridized carbons (Fsp3) is 0.353. The molecular weight excluding hydrogens is 328 g/mol. The van der Waals surface area contributed by atoms with E-state index in [1.54, 1.807) is 0 Å². The van der Waals surface area contributed by atoms with E-state index in [0.717, 1.165) is 23.8 Å². The molecule has 1 aliphatic rings. The molecule has 7 heteroatoms. The zero-order valence-corrected chi connectivity index (χ0v) is 14.5. The summed E-state index contributed by atoms with van der Waals surface area (Å²) >= 11 is 6.10. The molecule has 3 rings (SSSR count). The van der Waals surface area contributed by atoms with Crippen LogP contribution in [0.3, 0.4) is 0 Å². The van der Waals surface area contributed by atoms with Crippen molar-refractivity contribution in [1.82, 2.24) is 14.9 Å². The minimum absolute atomic E-state index is 0.0554. The fourth-order valence-electron chi connectivity index (χ4n) is 2.79. The van der Waals surface area contributed by atoms with Crippen molar-refractivity contribution < 1.29 is 9.53 Å². The van der Waals surface area contributed by atoms with Gasteiger partial charge in [0, 0.05) is 49.3 Å². The zero-order valence-electron chi connectivity index (χ0n) is 13.7. The summed E-state index contributed by atoms with van der Waals surface area (Å²) in [6.07, 6.45) is 3.00. The summed E-state index contributed by atoms with van der Waals surface area (Å²) in [5.41, 5.74) is 2.79. The summed E-state index contributed by atoms with van der Waals surface area (Å²) in [6, 6.07) is 6.15. The number of aromatic nitrogens is 2. The van der Waals surface area contributed by atoms with E-state index in [1.807, 2.05) is 23.1 Å². The number of nitrogens with zero attached hydrogens (tertiary/aromatic N) is 4. The Morgan fingerprint density at radius 1 is 1.17 bits per heavy atom. The van der Waals surface area contributed by atoms with Gasteiger partial charge in [-0.2, -0.15) is 0 Å². The Morgan fingerprint density at radius 2 is 1.83 bits per heavy atom. The lowest BCUT2D eigenvalue weighted by Crippen LogP contribution is -2.49. The molecule has 0 atom stereocenters. The Balaban J connectivity index is 1.65. The van der Waals surface area contributed by atoms with E-state index in [-0.39, 0.29) is 11.9 Å². The van der Waals surface area contributed by atoms with Crippen molar-refractivity contribution in [3.63, 3.8) is 0 Å². The van der Waals surface area contributed by atoms with E-state index in [0.29, 0.717) is 18.7 Å². The van der Waals surface area contributed by atoms with Crippen LogP contribution in [0.15, 0.2) is 30.6 Å². The molecule has 0 radical (unpaired) electrons. The van der Waals surface area contributed by atoms with Gasteiger partial charge in [-0.05, 0) is 24.6 Å². The van der Waals surface area contributed by atoms with Crippen LogP contribution < -0.4 is 9.64 Å². The number of hydrogen-bond acceptors (Lipinski definition) is 5. The molecule has 0 aliphatic carbocycles. The summed E-state index contributed by atoms with van der Waals surface area (Å²) in [5, 5.41) is 0.726. The first-order chi connectivity index (χ1) is 11.6. The number of halogens is 1. The summed E-state index contributed by atoms with van der Waals surface area (Å²) in [7, 11) is 1.49. The average molecular weight is 347 g/mol. The molecule has 1 fully saturated rings. The number of rotatable bonds is 3. The highest BCUT2D eigenvalue weighted by atomic mass is 35.5. The normalized spacial score (nSPS) is 14.6. The Kier molecular flexibility index (Phi) is 4.85. The molecule has 1 aromatic carbocycles. The van der Waals surface area contributed by atoms with E-state index < -0.39 is 0 Å². The van der Waals surface area contributed by atoms with E-state index >= 15 is 0 Å². The Morgan fingerprint density at radius 3 is 2.46 bits per heavy atom. The highest BCUT2D eigenvalue weighted by Gasteiger charge is 2.23. The van der Waals surface area contributed by atoms with Crippen LogP contribution in [0.1, 0.15) is 15.9 Å². The molecule has 0 N–H and O–H groups in total. The van der Waals surface area contributed by atoms with Gasteiger partial charge >= 0.3 is 6.01 Å². The van der Waals surface area contributed by atoms with Crippen molar-refractivity contribution in [3.05, 3.63) is 46.7 Å². The van der Waals surface area contributed by atoms with Gasteiger partial charge in [-0.3, -0.25) is 4.79 Å². The molecule has 1 amide bonds. The lowest BCUT2D eigenvalue weighted by atomic mass is 10.1. The molecule has 1 saturated heterocycles. The highest BCUT2D eigenvalue weighted by Crippen LogP contribution is 2.25. The van der Waals surface area contributed by atoms with Gasteiger partial charge in [-0.15, -0.1) is 0 Å². The van der Waals surface area contributed by atoms with Crippen LogP contribution in [0.4, 0.5) is 5.69 Å². The molecule has 126 valence electrons. The number of benzene rings is 1. The molecule has 6 nitrogen and oxygen atoms in total. The SMILES string of the molecule is COc1ncc(C(=O)N2CCN(c3cc(Cl)ccc3C)CC2)cn1. The van der Waals surface area contributed by atoms with E-state index in [1.165, 1.54) is 25.1 Å². The number of aryl methyl sites for hydroxylation is 1. The van der Waals surface area contributed by atoms with Crippen molar-refractivity contribution in [2.24, 2.45) is 0 Å². The third kappa shape index (κ3) is 3.43. The van der Waals surface area contributed by atoms with E-state index in [9.17, 15) is 4.79 Å². The summed E-state index contributed by atoms with van der Waals surface area (Å²) in [5.74, 6) is -0.0554. The molecule has 0 saturated carbocycles. The lowest BCUT2D eigenvalue weighted by Gasteiger charge is -2.36. The van der Waals surface area contributed by atoms with Gasteiger partial charge in [0.15, 0.2) is 0 Å². The molecule has 0 unspecified atom stereocenters. The van der Waals surface area contributed by atoms with Crippen LogP contribution >= 0.6 is 11.6 Å². The van der Waals surface area contributed by atoms with Gasteiger partial charge in [0.2, 0.25) is 0 Å². The number of hydrogen-bond donors (Lipinski definition) is 0. The van der Waals surface area contributed by atoms with E-state index in [4.69, 9.17) is 16.3 Å². The second-order valence-electron chi connectivity index (χ2n) is 5.67. The second kappa shape index (κ2) is 7.05. The molecular formula is C17H19ClN4O2. The van der Waals surface area contributed by atoms with Crippen molar-refractivity contribution in [1.29, 1.82) is 0 Å². The minimum atomic E-state index is -0.0554. The van der Waals surface area contributed by atoms with Crippen molar-refractivity contribution >= 4 is 23.2 Å². The first kappa shape index (κ1) is 16.5. The molecule has 1 aromatic heterocycles. The second-order valence-corrected chi connectivity index (χ2v) is 6.10. The number of amides is 1. The van der Waals surface area contributed by atoms with Gasteiger partial charge in [0.1, 0.15) is 0 Å². The van der Waals surface area contributed by atoms with Crippen molar-refractivity contribution in [2.45, 2.75) is 6.92 Å². The Bertz CT molecular complexity index is 728. The minimum Gasteiger partial charge on any atom is -0.467 e.